The van der Waals surface area contributed by atoms with Crippen molar-refractivity contribution in [3.63, 3.8) is 0 Å². The first-order chi connectivity index (χ1) is 3.73. The molecule has 0 aliphatic rings. The first-order valence-electron chi connectivity index (χ1n) is 1.33. The van der Waals surface area contributed by atoms with E-state index in [1.165, 1.54) is 0 Å². The number of halogens is 3. The molecule has 0 amide bonds. The van der Waals surface area contributed by atoms with E-state index >= 15 is 0 Å². The molecule has 0 spiro atoms. The van der Waals surface area contributed by atoms with Crippen LogP contribution in [0.15, 0.2) is 0 Å². The first-order valence-corrected chi connectivity index (χ1v) is 4.31. The minimum atomic E-state index is -3.86. The van der Waals surface area contributed by atoms with Crippen molar-refractivity contribution in [3.8, 4) is 0 Å². The molecular formula is CH2BiF3O3S. The van der Waals surface area contributed by atoms with Crippen LogP contribution in [0, 0.1) is 0 Å². The monoisotopic (exact) mass is 360 g/mol. The van der Waals surface area contributed by atoms with Crippen molar-refractivity contribution in [2.24, 2.45) is 0 Å². The molecule has 0 aliphatic carbocycles. The molecule has 0 aromatic heterocycles. The van der Waals surface area contributed by atoms with E-state index in [1.807, 2.05) is 0 Å². The third-order valence-corrected chi connectivity index (χ3v) is 0. The van der Waals surface area contributed by atoms with Crippen LogP contribution < -0.4 is 0 Å². The van der Waals surface area contributed by atoms with Crippen molar-refractivity contribution in [2.45, 2.75) is 3.88 Å². The number of hydrogen-bond acceptors (Lipinski definition) is 3. The maximum Gasteiger partial charge on any atom is 0.0495 e. The molecule has 9 heavy (non-hydrogen) atoms. The van der Waals surface area contributed by atoms with E-state index in [9.17, 15) is 13.2 Å². The molecule has 56 valence electrons. The first kappa shape index (κ1) is 12.3. The molecule has 0 bridgehead atoms. The third kappa shape index (κ3) is 1090. The molecule has 0 saturated carbocycles. The average Bonchev–Trinajstić information content (AvgIpc) is 1.19. The molecular weight excluding hydrogens is 358 g/mol. The van der Waals surface area contributed by atoms with Gasteiger partial charge in [-0.05, 0) is 0 Å². The Labute approximate surface area is 65.9 Å². The Balaban J connectivity index is 0. The third-order valence-electron chi connectivity index (χ3n) is 0. The van der Waals surface area contributed by atoms with Crippen LogP contribution in [0.3, 0.4) is 0 Å². The summed E-state index contributed by atoms with van der Waals surface area (Å²) in [6, 6.07) is 0. The minimum absolute atomic E-state index is 0.692. The van der Waals surface area contributed by atoms with Crippen molar-refractivity contribution in [2.75, 3.05) is 0 Å². The molecule has 2 radical (unpaired) electrons. The van der Waals surface area contributed by atoms with Crippen molar-refractivity contribution >= 4 is 35.7 Å². The van der Waals surface area contributed by atoms with E-state index in [0.717, 1.165) is 0 Å². The summed E-state index contributed by atoms with van der Waals surface area (Å²) in [6.45, 7) is 0. The summed E-state index contributed by atoms with van der Waals surface area (Å²) in [4.78, 5) is 0. The molecule has 0 aliphatic heterocycles. The number of hydrogen-bond donors (Lipinski definition) is 1. The second-order valence-corrected chi connectivity index (χ2v) is 3.35. The summed E-state index contributed by atoms with van der Waals surface area (Å²) in [5, 5.41) is 0. The standard InChI is InChI=1S/CF3.Bi.HO3S.H/c2-1(3)4;;1-4(2)3;/h;;(H,1,2,3);/q;+1;-1;. The van der Waals surface area contributed by atoms with Gasteiger partial charge in [-0.3, -0.25) is 0 Å². The SMILES string of the molecule is F[C](F)(F)[BiH+].O=[S-](=O)O. The Hall–Kier alpha value is 0.583. The van der Waals surface area contributed by atoms with E-state index in [2.05, 4.69) is 0 Å². The van der Waals surface area contributed by atoms with Crippen molar-refractivity contribution in [1.82, 2.24) is 0 Å². The fourth-order valence-electron chi connectivity index (χ4n) is 0. The zero-order chi connectivity index (χ0) is 8.08. The maximum atomic E-state index is 10.4. The Kier molecular flexibility index (Phi) is 7.33. The van der Waals surface area contributed by atoms with Gasteiger partial charge in [-0.25, -0.2) is 0 Å². The molecule has 1 N–H and O–H groups in total. The summed E-state index contributed by atoms with van der Waals surface area (Å²) < 4.78 is 51.5. The quantitative estimate of drug-likeness (QED) is 0.290. The molecule has 0 saturated heterocycles. The Morgan fingerprint density at radius 3 is 1.33 bits per heavy atom. The van der Waals surface area contributed by atoms with Crippen LogP contribution in [0.4, 0.5) is 13.2 Å². The smallest absolute Gasteiger partial charge is 0.0495 e. The second kappa shape index (κ2) is 5.37. The van der Waals surface area contributed by atoms with Crippen LogP contribution in [0.25, 0.3) is 0 Å². The molecule has 0 heterocycles. The van der Waals surface area contributed by atoms with Gasteiger partial charge < -0.3 is 13.0 Å². The molecule has 8 heteroatoms. The van der Waals surface area contributed by atoms with Crippen LogP contribution in [0.5, 0.6) is 0 Å². The summed E-state index contributed by atoms with van der Waals surface area (Å²) in [6.07, 6.45) is 0. The van der Waals surface area contributed by atoms with Crippen LogP contribution in [-0.4, -0.2) is 33.2 Å². The molecule has 0 aromatic rings. The van der Waals surface area contributed by atoms with Gasteiger partial charge in [0.1, 0.15) is 0 Å². The van der Waals surface area contributed by atoms with Gasteiger partial charge in [0.2, 0.25) is 0 Å². The van der Waals surface area contributed by atoms with Gasteiger partial charge >= 0.3 is 41.8 Å². The zero-order valence-corrected chi connectivity index (χ0v) is 8.51. The minimum Gasteiger partial charge on any atom is -0.439 e. The summed E-state index contributed by atoms with van der Waals surface area (Å²) in [5.41, 5.74) is 0. The van der Waals surface area contributed by atoms with Crippen LogP contribution in [0.1, 0.15) is 0 Å². The van der Waals surface area contributed by atoms with Crippen molar-refractivity contribution < 1.29 is 26.1 Å². The van der Waals surface area contributed by atoms with Crippen LogP contribution >= 0.6 is 0 Å². The van der Waals surface area contributed by atoms with Gasteiger partial charge in [-0.1, -0.05) is 0 Å². The van der Waals surface area contributed by atoms with E-state index < -0.39 is 39.6 Å². The van der Waals surface area contributed by atoms with Gasteiger partial charge in [0.15, 0.2) is 0 Å². The van der Waals surface area contributed by atoms with Gasteiger partial charge in [0.25, 0.3) is 0 Å². The Morgan fingerprint density at radius 2 is 1.33 bits per heavy atom. The van der Waals surface area contributed by atoms with Crippen molar-refractivity contribution in [3.05, 3.63) is 0 Å². The summed E-state index contributed by atoms with van der Waals surface area (Å²) >= 11 is -0.692. The molecule has 0 atom stereocenters. The molecule has 3 nitrogen and oxygen atoms in total. The molecule has 0 rings (SSSR count). The van der Waals surface area contributed by atoms with Gasteiger partial charge in [-0.15, -0.1) is 0 Å². The van der Waals surface area contributed by atoms with Crippen molar-refractivity contribution in [1.29, 1.82) is 0 Å². The number of rotatable bonds is 0. The van der Waals surface area contributed by atoms with E-state index in [1.54, 1.807) is 0 Å². The maximum absolute atomic E-state index is 10.4. The number of alkyl halides is 3. The van der Waals surface area contributed by atoms with Gasteiger partial charge in [0, 0.05) is 11.0 Å². The van der Waals surface area contributed by atoms with Gasteiger partial charge in [0.05, 0.1) is 0 Å². The Morgan fingerprint density at radius 1 is 1.33 bits per heavy atom. The topological polar surface area (TPSA) is 54.4 Å². The Bertz CT molecular complexity index is 114. The van der Waals surface area contributed by atoms with E-state index in [-0.39, 0.29) is 0 Å². The summed E-state index contributed by atoms with van der Waals surface area (Å²) in [7, 11) is -2.86. The van der Waals surface area contributed by atoms with Gasteiger partial charge in [-0.2, -0.15) is 0 Å². The predicted octanol–water partition coefficient (Wildman–Crippen LogP) is 0.176. The second-order valence-electron chi connectivity index (χ2n) is 0.715. The predicted molar refractivity (Wildman–Crippen MR) is 24.6 cm³/mol. The summed E-state index contributed by atoms with van der Waals surface area (Å²) in [5.74, 6) is 0. The zero-order valence-electron chi connectivity index (χ0n) is 3.81. The van der Waals surface area contributed by atoms with Crippen LogP contribution in [-0.2, 0) is 19.4 Å². The fourth-order valence-corrected chi connectivity index (χ4v) is 0. The van der Waals surface area contributed by atoms with E-state index in [4.69, 9.17) is 13.0 Å². The molecule has 0 fully saturated rings. The van der Waals surface area contributed by atoms with E-state index in [0.29, 0.717) is 0 Å². The largest absolute Gasteiger partial charge is 0.439 e. The fraction of sp³-hybridized carbons (Fsp3) is 1.00. The normalized spacial score (nSPS) is 10.4. The van der Waals surface area contributed by atoms with Crippen LogP contribution in [0.2, 0.25) is 0 Å². The molecule has 0 aromatic carbocycles. The molecule has 0 unspecified atom stereocenters. The average molecular weight is 360 g/mol.